The zero-order valence-electron chi connectivity index (χ0n) is 54.3. The zero-order chi connectivity index (χ0) is 64.7. The van der Waals surface area contributed by atoms with Crippen molar-refractivity contribution in [3.05, 3.63) is 346 Å². The second kappa shape index (κ2) is 23.4. The van der Waals surface area contributed by atoms with Crippen LogP contribution in [0.2, 0.25) is 0 Å². The number of aryl methyl sites for hydroxylation is 1. The molecule has 464 valence electrons. The molecule has 2 aliphatic heterocycles. The van der Waals surface area contributed by atoms with E-state index >= 15 is 0 Å². The number of hydrogen-bond donors (Lipinski definition) is 0. The second-order valence-corrected chi connectivity index (χ2v) is 28.2. The van der Waals surface area contributed by atoms with Gasteiger partial charge >= 0.3 is 306 Å². The maximum absolute atomic E-state index is 7.31. The minimum atomic E-state index is -0.796. The van der Waals surface area contributed by atoms with Gasteiger partial charge in [-0.15, -0.1) is 0 Å². The molecule has 0 aliphatic carbocycles. The Morgan fingerprint density at radius 1 is 0.358 bits per heavy atom. The van der Waals surface area contributed by atoms with Gasteiger partial charge in [0.2, 0.25) is 0 Å². The molecule has 0 N–H and O–H groups in total. The van der Waals surface area contributed by atoms with E-state index in [2.05, 4.69) is 390 Å². The number of ether oxygens (including phenoxy) is 1. The predicted molar refractivity (Wildman–Crippen MR) is 389 cm³/mol. The van der Waals surface area contributed by atoms with Crippen LogP contribution in [-0.4, -0.2) is 14.1 Å². The fraction of sp³-hybridized carbons (Fsp3) is 0.114. The van der Waals surface area contributed by atoms with Crippen molar-refractivity contribution in [3.8, 4) is 67.4 Å². The van der Waals surface area contributed by atoms with Gasteiger partial charge in [0.05, 0.1) is 11.4 Å². The van der Waals surface area contributed by atoms with Crippen molar-refractivity contribution >= 4 is 45.3 Å². The third kappa shape index (κ3) is 10.1. The number of anilines is 6. The first kappa shape index (κ1) is 59.4. The van der Waals surface area contributed by atoms with Gasteiger partial charge in [-0.25, -0.2) is 0 Å². The number of benzene rings is 12. The van der Waals surface area contributed by atoms with Crippen LogP contribution in [0.3, 0.4) is 0 Å². The van der Waals surface area contributed by atoms with Crippen LogP contribution in [0.5, 0.6) is 11.5 Å². The number of hydrogen-bond acceptors (Lipinski definition) is 4. The van der Waals surface area contributed by atoms with Crippen molar-refractivity contribution in [1.82, 2.24) is 14.1 Å². The molecule has 12 aromatic carbocycles. The summed E-state index contributed by atoms with van der Waals surface area (Å²) in [5, 5.41) is 0. The Balaban J connectivity index is 0.871. The topological polar surface area (TPSA) is 38.5 Å². The van der Waals surface area contributed by atoms with E-state index in [1.54, 1.807) is 0 Å². The number of imidazole rings is 1. The van der Waals surface area contributed by atoms with Crippen LogP contribution in [-0.2, 0) is 35.6 Å². The van der Waals surface area contributed by atoms with Crippen LogP contribution in [0.4, 0.5) is 34.3 Å². The molecule has 0 saturated heterocycles. The van der Waals surface area contributed by atoms with Gasteiger partial charge in [0.15, 0.2) is 0 Å². The molecule has 2 aromatic heterocycles. The Hall–Kier alpha value is -10.7. The molecule has 0 fully saturated rings. The first-order valence-electron chi connectivity index (χ1n) is 32.7. The molecule has 0 amide bonds. The van der Waals surface area contributed by atoms with Crippen LogP contribution >= 0.6 is 0 Å². The summed E-state index contributed by atoms with van der Waals surface area (Å²) in [5.41, 5.74) is 26.3. The molecule has 2 aliphatic rings. The van der Waals surface area contributed by atoms with Gasteiger partial charge in [0.25, 0.3) is 0 Å². The van der Waals surface area contributed by atoms with E-state index < -0.39 is 5.41 Å². The smallest absolute Gasteiger partial charge is 0.0622 e. The Morgan fingerprint density at radius 3 is 1.37 bits per heavy atom. The Kier molecular flexibility index (Phi) is 14.6. The van der Waals surface area contributed by atoms with Gasteiger partial charge in [-0.05, 0) is 75.4 Å². The minimum Gasteiger partial charge on any atom is -0.0622 e. The summed E-state index contributed by atoms with van der Waals surface area (Å²) < 4.78 is 13.1. The first-order chi connectivity index (χ1) is 46.2. The van der Waals surface area contributed by atoms with Crippen LogP contribution < -0.4 is 14.5 Å². The Morgan fingerprint density at radius 2 is 0.811 bits per heavy atom. The van der Waals surface area contributed by atoms with Crippen molar-refractivity contribution in [2.45, 2.75) is 64.7 Å². The van der Waals surface area contributed by atoms with E-state index in [0.29, 0.717) is 11.5 Å². The number of aromatic nitrogens is 3. The average Bonchev–Trinajstić information content (AvgIpc) is 1.19. The summed E-state index contributed by atoms with van der Waals surface area (Å²) in [5.74, 6) is 2.23. The number of rotatable bonds is 10. The van der Waals surface area contributed by atoms with Crippen molar-refractivity contribution in [3.63, 3.8) is 0 Å². The van der Waals surface area contributed by atoms with E-state index in [0.717, 1.165) is 105 Å². The van der Waals surface area contributed by atoms with E-state index in [1.165, 1.54) is 38.9 Å². The molecule has 6 nitrogen and oxygen atoms in total. The van der Waals surface area contributed by atoms with Crippen LogP contribution in [0.15, 0.2) is 303 Å². The third-order valence-electron chi connectivity index (χ3n) is 19.2. The first-order valence-corrected chi connectivity index (χ1v) is 33.9. The minimum absolute atomic E-state index is 0.0872. The van der Waals surface area contributed by atoms with Gasteiger partial charge in [0, 0.05) is 17.4 Å². The van der Waals surface area contributed by atoms with Crippen molar-refractivity contribution < 1.29 is 24.1 Å². The molecular weight excluding hydrogens is 1340 g/mol. The normalized spacial score (nSPS) is 13.1. The summed E-state index contributed by atoms with van der Waals surface area (Å²) in [7, 11) is 0. The Labute approximate surface area is 567 Å². The Bertz CT molecular complexity index is 5210. The predicted octanol–water partition coefficient (Wildman–Crippen LogP) is 23.2. The molecule has 0 atom stereocenters. The molecule has 1 spiro atoms. The quantitative estimate of drug-likeness (QED) is 0.137. The van der Waals surface area contributed by atoms with Crippen LogP contribution in [0.25, 0.3) is 66.9 Å². The van der Waals surface area contributed by atoms with Crippen LogP contribution in [0, 0.1) is 10.7 Å². The summed E-state index contributed by atoms with van der Waals surface area (Å²) in [6.07, 6.45) is 2.06. The van der Waals surface area contributed by atoms with Gasteiger partial charge in [-0.2, -0.15) is 0 Å². The molecule has 0 saturated carbocycles. The number of fused-ring (bicyclic) bond motifs is 9. The molecule has 95 heavy (non-hydrogen) atoms. The maximum atomic E-state index is 7.31. The number of nitrogens with zero attached hydrogens (tertiary/aromatic N) is 5. The molecule has 14 aromatic rings. The third-order valence-corrected chi connectivity index (χ3v) is 20.3. The molecule has 0 unspecified atom stereocenters. The summed E-state index contributed by atoms with van der Waals surface area (Å²) >= 11 is 2.53. The molecule has 16 rings (SSSR count). The standard InChI is InChI=1S/C88H71N5O.Pt/c1-59-51-84(89-57-73(59)64-47-45-61(46-48-64)60-27-11-8-12-28-60)93-80-42-22-19-39-76(80)88(74-37-17-20-40-78(74)92(79-41-21-18-38-75(79)88)68-53-65(86(2,3)4)52-66(54-68)87(5,6)7)77-50-49-70(56-83(77)93)94-69-34-25-33-67(55-69)90-58-91(82-44-24-23-43-81(82)90)85-71(62-29-13-9-14-30-62)35-26-36-72(85)63-31-15-10-16-32-63;/h8-57H,1-7H3;. The second-order valence-electron chi connectivity index (χ2n) is 27.2. The SMILES string of the molecule is Cc1cc(N2c3ccccc3C3(c4ccccc4N(c4cc(C(C)(C)C)cc(C(C)(C)C)c4)c4ccccc43)c3ccc(Oc4cccc(-n5[c](=[Pt])n(-c6c(-c7ccccc7)cccc6-c6ccccc6)c6ccccc65)c4)cc32)ncc1-c1ccc(-c2ccccc2)cc1. The fourth-order valence-corrected chi connectivity index (χ4v) is 15.7. The van der Waals surface area contributed by atoms with Crippen molar-refractivity contribution in [2.75, 3.05) is 9.80 Å². The van der Waals surface area contributed by atoms with Crippen molar-refractivity contribution in [1.29, 1.82) is 0 Å². The summed E-state index contributed by atoms with van der Waals surface area (Å²) in [6.45, 7) is 16.1. The van der Waals surface area contributed by atoms with E-state index in [1.807, 2.05) is 0 Å². The van der Waals surface area contributed by atoms with E-state index in [9.17, 15) is 0 Å². The van der Waals surface area contributed by atoms with Crippen LogP contribution in [0.1, 0.15) is 80.5 Å². The molecule has 4 heterocycles. The zero-order valence-corrected chi connectivity index (χ0v) is 56.6. The van der Waals surface area contributed by atoms with E-state index in [4.69, 9.17) is 9.72 Å². The van der Waals surface area contributed by atoms with Gasteiger partial charge in [-0.1, -0.05) is 157 Å². The number of pyridine rings is 1. The van der Waals surface area contributed by atoms with Crippen molar-refractivity contribution in [2.24, 2.45) is 0 Å². The molecule has 0 radical (unpaired) electrons. The molecule has 0 bridgehead atoms. The summed E-state index contributed by atoms with van der Waals surface area (Å²) in [4.78, 5) is 10.4. The molecular formula is C88H71N5OPt. The van der Waals surface area contributed by atoms with E-state index in [-0.39, 0.29) is 10.8 Å². The van der Waals surface area contributed by atoms with Gasteiger partial charge < -0.3 is 4.90 Å². The average molecular weight is 1410 g/mol. The molecule has 7 heteroatoms. The van der Waals surface area contributed by atoms with Gasteiger partial charge in [0.1, 0.15) is 0 Å². The monoisotopic (exact) mass is 1410 g/mol. The van der Waals surface area contributed by atoms with Gasteiger partial charge in [-0.3, -0.25) is 0 Å². The summed E-state index contributed by atoms with van der Waals surface area (Å²) in [6, 6.07) is 108. The fourth-order valence-electron chi connectivity index (χ4n) is 14.6. The number of para-hydroxylation sites is 6.